The van der Waals surface area contributed by atoms with Gasteiger partial charge in [-0.25, -0.2) is 4.68 Å². The lowest BCUT2D eigenvalue weighted by molar-refractivity contribution is 0.415. The van der Waals surface area contributed by atoms with Crippen LogP contribution in [0.1, 0.15) is 16.7 Å². The van der Waals surface area contributed by atoms with E-state index in [9.17, 15) is 10.4 Å². The Hall–Kier alpha value is -3.92. The standard InChI is InChI=1S/C21H18N4O3/c1-11-4-6-16(26)12(2)20(11)25-21(23)15(10-22)19(24-25)18-9-13-8-14(27-3)5-7-17(13)28-18/h4-9,26H,23H2,1-3H3. The maximum Gasteiger partial charge on any atom is 0.157 e. The van der Waals surface area contributed by atoms with Gasteiger partial charge in [0.25, 0.3) is 0 Å². The van der Waals surface area contributed by atoms with Crippen LogP contribution in [-0.4, -0.2) is 22.0 Å². The van der Waals surface area contributed by atoms with Crippen LogP contribution in [0.15, 0.2) is 40.8 Å². The Kier molecular flexibility index (Phi) is 3.97. The Morgan fingerprint density at radius 2 is 2.00 bits per heavy atom. The summed E-state index contributed by atoms with van der Waals surface area (Å²) in [4.78, 5) is 0. The van der Waals surface area contributed by atoms with Gasteiger partial charge in [0.05, 0.1) is 12.8 Å². The van der Waals surface area contributed by atoms with Crippen molar-refractivity contribution >= 4 is 16.8 Å². The molecule has 140 valence electrons. The number of anilines is 1. The lowest BCUT2D eigenvalue weighted by Crippen LogP contribution is -2.06. The Morgan fingerprint density at radius 3 is 2.71 bits per heavy atom. The van der Waals surface area contributed by atoms with Crippen molar-refractivity contribution in [3.63, 3.8) is 0 Å². The van der Waals surface area contributed by atoms with Crippen molar-refractivity contribution in [1.29, 1.82) is 5.26 Å². The van der Waals surface area contributed by atoms with Gasteiger partial charge >= 0.3 is 0 Å². The smallest absolute Gasteiger partial charge is 0.157 e. The minimum atomic E-state index is 0.131. The molecule has 2 heterocycles. The summed E-state index contributed by atoms with van der Waals surface area (Å²) in [6.45, 7) is 3.67. The second kappa shape index (κ2) is 6.35. The molecule has 2 aromatic heterocycles. The fourth-order valence-electron chi connectivity index (χ4n) is 3.30. The molecule has 2 aromatic carbocycles. The number of fused-ring (bicyclic) bond motifs is 1. The third-order valence-electron chi connectivity index (χ3n) is 4.81. The first-order valence-corrected chi connectivity index (χ1v) is 8.60. The maximum atomic E-state index is 10.1. The summed E-state index contributed by atoms with van der Waals surface area (Å²) in [5, 5.41) is 25.2. The molecule has 0 unspecified atom stereocenters. The molecule has 28 heavy (non-hydrogen) atoms. The van der Waals surface area contributed by atoms with Gasteiger partial charge < -0.3 is 20.0 Å². The highest BCUT2D eigenvalue weighted by Crippen LogP contribution is 2.36. The van der Waals surface area contributed by atoms with Crippen molar-refractivity contribution in [2.75, 3.05) is 12.8 Å². The van der Waals surface area contributed by atoms with Crippen LogP contribution in [0.25, 0.3) is 28.1 Å². The Balaban J connectivity index is 1.94. The lowest BCUT2D eigenvalue weighted by Gasteiger charge is -2.12. The third kappa shape index (κ3) is 2.55. The number of nitrogens with zero attached hydrogens (tertiary/aromatic N) is 3. The third-order valence-corrected chi connectivity index (χ3v) is 4.81. The number of nitrogen functional groups attached to an aromatic ring is 1. The fraction of sp³-hybridized carbons (Fsp3) is 0.143. The van der Waals surface area contributed by atoms with Gasteiger partial charge in [-0.3, -0.25) is 0 Å². The van der Waals surface area contributed by atoms with Crippen LogP contribution in [0.5, 0.6) is 11.5 Å². The number of rotatable bonds is 3. The molecule has 4 rings (SSSR count). The summed E-state index contributed by atoms with van der Waals surface area (Å²) in [6.07, 6.45) is 0. The van der Waals surface area contributed by atoms with Gasteiger partial charge in [0.15, 0.2) is 5.76 Å². The van der Waals surface area contributed by atoms with E-state index in [0.29, 0.717) is 34.0 Å². The van der Waals surface area contributed by atoms with Crippen molar-refractivity contribution in [2.24, 2.45) is 0 Å². The summed E-state index contributed by atoms with van der Waals surface area (Å²) in [6, 6.07) is 12.8. The van der Waals surface area contributed by atoms with Gasteiger partial charge in [-0.2, -0.15) is 10.4 Å². The number of methoxy groups -OCH3 is 1. The number of aromatic nitrogens is 2. The van der Waals surface area contributed by atoms with E-state index in [1.807, 2.05) is 13.0 Å². The van der Waals surface area contributed by atoms with Crippen LogP contribution in [0.3, 0.4) is 0 Å². The molecule has 0 aliphatic rings. The van der Waals surface area contributed by atoms with E-state index in [0.717, 1.165) is 10.9 Å². The summed E-state index contributed by atoms with van der Waals surface area (Å²) >= 11 is 0. The second-order valence-electron chi connectivity index (χ2n) is 6.52. The summed E-state index contributed by atoms with van der Waals surface area (Å²) < 4.78 is 12.6. The monoisotopic (exact) mass is 374 g/mol. The van der Waals surface area contributed by atoms with E-state index in [-0.39, 0.29) is 17.1 Å². The molecule has 0 saturated heterocycles. The van der Waals surface area contributed by atoms with Crippen molar-refractivity contribution < 1.29 is 14.3 Å². The predicted octanol–water partition coefficient (Wildman–Crippen LogP) is 4.07. The first-order valence-electron chi connectivity index (χ1n) is 8.60. The number of nitrogens with two attached hydrogens (primary N) is 1. The van der Waals surface area contributed by atoms with Crippen molar-refractivity contribution in [2.45, 2.75) is 13.8 Å². The van der Waals surface area contributed by atoms with Crippen LogP contribution in [0.4, 0.5) is 5.82 Å². The van der Waals surface area contributed by atoms with Crippen LogP contribution in [-0.2, 0) is 0 Å². The number of phenolic OH excluding ortho intramolecular Hbond substituents is 1. The number of aryl methyl sites for hydroxylation is 1. The molecule has 0 saturated carbocycles. The quantitative estimate of drug-likeness (QED) is 0.559. The molecule has 3 N–H and O–H groups in total. The number of benzene rings is 2. The molecule has 0 aliphatic heterocycles. The highest BCUT2D eigenvalue weighted by molar-refractivity contribution is 5.85. The average Bonchev–Trinajstić information content (AvgIpc) is 3.25. The van der Waals surface area contributed by atoms with E-state index in [4.69, 9.17) is 14.9 Å². The molecule has 0 spiro atoms. The predicted molar refractivity (Wildman–Crippen MR) is 106 cm³/mol. The first kappa shape index (κ1) is 17.5. The van der Waals surface area contributed by atoms with Gasteiger partial charge in [-0.05, 0) is 49.7 Å². The van der Waals surface area contributed by atoms with Crippen LogP contribution < -0.4 is 10.5 Å². The summed E-state index contributed by atoms with van der Waals surface area (Å²) in [7, 11) is 1.60. The fourth-order valence-corrected chi connectivity index (χ4v) is 3.30. The molecular formula is C21H18N4O3. The summed E-state index contributed by atoms with van der Waals surface area (Å²) in [5.41, 5.74) is 9.59. The Bertz CT molecular complexity index is 1260. The molecule has 0 atom stereocenters. The first-order chi connectivity index (χ1) is 13.4. The lowest BCUT2D eigenvalue weighted by atomic mass is 10.1. The number of furan rings is 1. The minimum absolute atomic E-state index is 0.131. The largest absolute Gasteiger partial charge is 0.508 e. The highest BCUT2D eigenvalue weighted by atomic mass is 16.5. The zero-order valence-corrected chi connectivity index (χ0v) is 15.6. The SMILES string of the molecule is COc1ccc2oc(-c3nn(-c4c(C)ccc(O)c4C)c(N)c3C#N)cc2c1. The Morgan fingerprint density at radius 1 is 1.21 bits per heavy atom. The van der Waals surface area contributed by atoms with E-state index >= 15 is 0 Å². The maximum absolute atomic E-state index is 10.1. The van der Waals surface area contributed by atoms with E-state index < -0.39 is 0 Å². The molecule has 0 amide bonds. The Labute approximate surface area is 161 Å². The second-order valence-corrected chi connectivity index (χ2v) is 6.52. The number of hydrogen-bond donors (Lipinski definition) is 2. The topological polar surface area (TPSA) is 110 Å². The average molecular weight is 374 g/mol. The minimum Gasteiger partial charge on any atom is -0.508 e. The number of phenols is 1. The molecule has 0 radical (unpaired) electrons. The number of hydrogen-bond acceptors (Lipinski definition) is 6. The zero-order chi connectivity index (χ0) is 20.0. The molecule has 7 nitrogen and oxygen atoms in total. The number of nitriles is 1. The summed E-state index contributed by atoms with van der Waals surface area (Å²) in [5.74, 6) is 1.45. The van der Waals surface area contributed by atoms with Gasteiger partial charge in [0, 0.05) is 10.9 Å². The molecule has 7 heteroatoms. The van der Waals surface area contributed by atoms with Crippen LogP contribution in [0.2, 0.25) is 0 Å². The molecule has 0 bridgehead atoms. The van der Waals surface area contributed by atoms with Gasteiger partial charge in [-0.1, -0.05) is 6.07 Å². The molecule has 0 aliphatic carbocycles. The number of ether oxygens (including phenoxy) is 1. The van der Waals surface area contributed by atoms with E-state index in [1.165, 1.54) is 4.68 Å². The molecule has 0 fully saturated rings. The van der Waals surface area contributed by atoms with Crippen molar-refractivity contribution in [1.82, 2.24) is 9.78 Å². The zero-order valence-electron chi connectivity index (χ0n) is 15.6. The van der Waals surface area contributed by atoms with Gasteiger partial charge in [0.2, 0.25) is 0 Å². The molecular weight excluding hydrogens is 356 g/mol. The van der Waals surface area contributed by atoms with Crippen LogP contribution in [0, 0.1) is 25.2 Å². The van der Waals surface area contributed by atoms with Gasteiger partial charge in [-0.15, -0.1) is 0 Å². The van der Waals surface area contributed by atoms with Crippen molar-refractivity contribution in [3.8, 4) is 34.7 Å². The highest BCUT2D eigenvalue weighted by Gasteiger charge is 2.23. The van der Waals surface area contributed by atoms with E-state index in [1.54, 1.807) is 44.4 Å². The molecule has 4 aromatic rings. The van der Waals surface area contributed by atoms with Gasteiger partial charge in [0.1, 0.15) is 40.2 Å². The van der Waals surface area contributed by atoms with Crippen molar-refractivity contribution in [3.05, 3.63) is 53.1 Å². The normalized spacial score (nSPS) is 10.9. The number of aromatic hydroxyl groups is 1. The van der Waals surface area contributed by atoms with E-state index in [2.05, 4.69) is 11.2 Å². The van der Waals surface area contributed by atoms with Crippen LogP contribution >= 0.6 is 0 Å².